The zero-order valence-electron chi connectivity index (χ0n) is 15.0. The standard InChI is InChI=1S/C21H26N2O2/c1-16(23-11-10-18-7-3-4-8-19(18)15-23)14-22-21(24)13-17-6-5-9-20(12-17)25-2/h3-9,12,16H,10-11,13-15H2,1-2H3,(H,22,24). The molecule has 0 bridgehead atoms. The highest BCUT2D eigenvalue weighted by Crippen LogP contribution is 2.20. The molecule has 1 atom stereocenters. The molecule has 0 aromatic heterocycles. The van der Waals surface area contributed by atoms with Gasteiger partial charge in [0.05, 0.1) is 13.5 Å². The van der Waals surface area contributed by atoms with E-state index in [0.717, 1.165) is 30.8 Å². The Hall–Kier alpha value is -2.33. The Bertz CT molecular complexity index is 729. The van der Waals surface area contributed by atoms with Crippen LogP contribution in [0.15, 0.2) is 48.5 Å². The van der Waals surface area contributed by atoms with Gasteiger partial charge in [0.15, 0.2) is 0 Å². The summed E-state index contributed by atoms with van der Waals surface area (Å²) >= 11 is 0. The predicted octanol–water partition coefficient (Wildman–Crippen LogP) is 2.80. The SMILES string of the molecule is COc1cccc(CC(=O)NCC(C)N2CCc3ccccc3C2)c1. The van der Waals surface area contributed by atoms with Crippen molar-refractivity contribution in [1.29, 1.82) is 0 Å². The van der Waals surface area contributed by atoms with Crippen LogP contribution in [0, 0.1) is 0 Å². The highest BCUT2D eigenvalue weighted by molar-refractivity contribution is 5.78. The Morgan fingerprint density at radius 1 is 1.20 bits per heavy atom. The first-order chi connectivity index (χ1) is 12.2. The van der Waals surface area contributed by atoms with Crippen molar-refractivity contribution in [3.05, 3.63) is 65.2 Å². The number of fused-ring (bicyclic) bond motifs is 1. The van der Waals surface area contributed by atoms with Gasteiger partial charge in [-0.05, 0) is 42.2 Å². The number of nitrogens with zero attached hydrogens (tertiary/aromatic N) is 1. The predicted molar refractivity (Wildman–Crippen MR) is 99.7 cm³/mol. The van der Waals surface area contributed by atoms with E-state index in [-0.39, 0.29) is 5.91 Å². The van der Waals surface area contributed by atoms with Crippen molar-refractivity contribution in [3.8, 4) is 5.75 Å². The van der Waals surface area contributed by atoms with Crippen molar-refractivity contribution >= 4 is 5.91 Å². The number of hydrogen-bond donors (Lipinski definition) is 1. The van der Waals surface area contributed by atoms with Crippen LogP contribution in [0.4, 0.5) is 0 Å². The number of carbonyl (C=O) groups is 1. The van der Waals surface area contributed by atoms with E-state index in [0.29, 0.717) is 19.0 Å². The molecule has 2 aromatic carbocycles. The maximum Gasteiger partial charge on any atom is 0.224 e. The molecular formula is C21H26N2O2. The van der Waals surface area contributed by atoms with Crippen molar-refractivity contribution in [2.75, 3.05) is 20.2 Å². The first kappa shape index (κ1) is 17.5. The molecule has 1 N–H and O–H groups in total. The molecule has 0 aliphatic carbocycles. The average Bonchev–Trinajstić information content (AvgIpc) is 2.65. The van der Waals surface area contributed by atoms with Gasteiger partial charge in [0.2, 0.25) is 5.91 Å². The van der Waals surface area contributed by atoms with Crippen molar-refractivity contribution in [3.63, 3.8) is 0 Å². The molecule has 0 fully saturated rings. The van der Waals surface area contributed by atoms with Gasteiger partial charge in [-0.1, -0.05) is 36.4 Å². The minimum atomic E-state index is 0.0533. The van der Waals surface area contributed by atoms with Gasteiger partial charge in [0.25, 0.3) is 0 Å². The smallest absolute Gasteiger partial charge is 0.224 e. The number of nitrogens with one attached hydrogen (secondary N) is 1. The van der Waals surface area contributed by atoms with Gasteiger partial charge in [0, 0.05) is 25.7 Å². The number of rotatable bonds is 6. The van der Waals surface area contributed by atoms with Crippen LogP contribution < -0.4 is 10.1 Å². The minimum absolute atomic E-state index is 0.0533. The summed E-state index contributed by atoms with van der Waals surface area (Å²) in [5.41, 5.74) is 3.83. The van der Waals surface area contributed by atoms with Crippen LogP contribution >= 0.6 is 0 Å². The Morgan fingerprint density at radius 3 is 2.80 bits per heavy atom. The van der Waals surface area contributed by atoms with E-state index in [4.69, 9.17) is 4.74 Å². The molecule has 0 saturated carbocycles. The van der Waals surface area contributed by atoms with E-state index in [1.54, 1.807) is 7.11 Å². The molecule has 4 nitrogen and oxygen atoms in total. The molecule has 0 spiro atoms. The lowest BCUT2D eigenvalue weighted by molar-refractivity contribution is -0.120. The maximum absolute atomic E-state index is 12.2. The molecule has 1 aliphatic heterocycles. The first-order valence-corrected chi connectivity index (χ1v) is 8.86. The molecule has 1 heterocycles. The highest BCUT2D eigenvalue weighted by Gasteiger charge is 2.20. The summed E-state index contributed by atoms with van der Waals surface area (Å²) < 4.78 is 5.20. The average molecular weight is 338 g/mol. The quantitative estimate of drug-likeness (QED) is 0.881. The van der Waals surface area contributed by atoms with E-state index >= 15 is 0 Å². The normalized spacial score (nSPS) is 15.3. The second-order valence-electron chi connectivity index (χ2n) is 6.67. The summed E-state index contributed by atoms with van der Waals surface area (Å²) in [7, 11) is 1.64. The zero-order valence-corrected chi connectivity index (χ0v) is 15.0. The molecule has 4 heteroatoms. The van der Waals surface area contributed by atoms with Crippen LogP contribution in [0.25, 0.3) is 0 Å². The largest absolute Gasteiger partial charge is 0.497 e. The molecule has 0 radical (unpaired) electrons. The lowest BCUT2D eigenvalue weighted by atomic mass is 9.99. The van der Waals surface area contributed by atoms with E-state index < -0.39 is 0 Å². The minimum Gasteiger partial charge on any atom is -0.497 e. The number of methoxy groups -OCH3 is 1. The van der Waals surface area contributed by atoms with E-state index in [1.807, 2.05) is 24.3 Å². The maximum atomic E-state index is 12.2. The summed E-state index contributed by atoms with van der Waals surface area (Å²) in [4.78, 5) is 14.7. The summed E-state index contributed by atoms with van der Waals surface area (Å²) in [5, 5.41) is 3.07. The van der Waals surface area contributed by atoms with Crippen molar-refractivity contribution in [2.45, 2.75) is 32.4 Å². The van der Waals surface area contributed by atoms with Crippen molar-refractivity contribution < 1.29 is 9.53 Å². The molecule has 1 unspecified atom stereocenters. The van der Waals surface area contributed by atoms with E-state index in [9.17, 15) is 4.79 Å². The molecule has 25 heavy (non-hydrogen) atoms. The lowest BCUT2D eigenvalue weighted by Gasteiger charge is -2.33. The fourth-order valence-corrected chi connectivity index (χ4v) is 3.31. The topological polar surface area (TPSA) is 41.6 Å². The van der Waals surface area contributed by atoms with Crippen molar-refractivity contribution in [2.24, 2.45) is 0 Å². The number of ether oxygens (including phenoxy) is 1. The second kappa shape index (κ2) is 8.17. The van der Waals surface area contributed by atoms with Gasteiger partial charge in [-0.15, -0.1) is 0 Å². The number of benzene rings is 2. The Labute approximate surface area is 149 Å². The monoisotopic (exact) mass is 338 g/mol. The third kappa shape index (κ3) is 4.60. The molecular weight excluding hydrogens is 312 g/mol. The van der Waals surface area contributed by atoms with Crippen LogP contribution in [0.2, 0.25) is 0 Å². The molecule has 1 amide bonds. The lowest BCUT2D eigenvalue weighted by Crippen LogP contribution is -2.44. The Kier molecular flexibility index (Phi) is 5.71. The van der Waals surface area contributed by atoms with Gasteiger partial charge in [-0.2, -0.15) is 0 Å². The van der Waals surface area contributed by atoms with Crippen LogP contribution in [-0.2, 0) is 24.2 Å². The number of amides is 1. The van der Waals surface area contributed by atoms with Gasteiger partial charge in [0.1, 0.15) is 5.75 Å². The number of carbonyl (C=O) groups excluding carboxylic acids is 1. The first-order valence-electron chi connectivity index (χ1n) is 8.86. The molecule has 2 aromatic rings. The van der Waals surface area contributed by atoms with E-state index in [1.165, 1.54) is 11.1 Å². The van der Waals surface area contributed by atoms with Crippen LogP contribution in [0.5, 0.6) is 5.75 Å². The third-order valence-corrected chi connectivity index (χ3v) is 4.88. The molecule has 3 rings (SSSR count). The summed E-state index contributed by atoms with van der Waals surface area (Å²) in [6.07, 6.45) is 1.46. The summed E-state index contributed by atoms with van der Waals surface area (Å²) in [5.74, 6) is 0.836. The molecule has 0 saturated heterocycles. The fourth-order valence-electron chi connectivity index (χ4n) is 3.31. The van der Waals surface area contributed by atoms with E-state index in [2.05, 4.69) is 41.4 Å². The molecule has 132 valence electrons. The highest BCUT2D eigenvalue weighted by atomic mass is 16.5. The fraction of sp³-hybridized carbons (Fsp3) is 0.381. The van der Waals surface area contributed by atoms with Crippen LogP contribution in [0.3, 0.4) is 0 Å². The Balaban J connectivity index is 1.49. The number of hydrogen-bond acceptors (Lipinski definition) is 3. The Morgan fingerprint density at radius 2 is 2.00 bits per heavy atom. The summed E-state index contributed by atoms with van der Waals surface area (Å²) in [6.45, 7) is 4.86. The van der Waals surface area contributed by atoms with Crippen LogP contribution in [0.1, 0.15) is 23.6 Å². The van der Waals surface area contributed by atoms with Gasteiger partial charge in [-0.3, -0.25) is 9.69 Å². The van der Waals surface area contributed by atoms with Crippen molar-refractivity contribution in [1.82, 2.24) is 10.2 Å². The zero-order chi connectivity index (χ0) is 17.6. The summed E-state index contributed by atoms with van der Waals surface area (Å²) in [6, 6.07) is 16.6. The van der Waals surface area contributed by atoms with Gasteiger partial charge >= 0.3 is 0 Å². The molecule has 1 aliphatic rings. The second-order valence-corrected chi connectivity index (χ2v) is 6.67. The van der Waals surface area contributed by atoms with Crippen LogP contribution in [-0.4, -0.2) is 37.0 Å². The third-order valence-electron chi connectivity index (χ3n) is 4.88. The van der Waals surface area contributed by atoms with Gasteiger partial charge in [-0.25, -0.2) is 0 Å². The van der Waals surface area contributed by atoms with Gasteiger partial charge < -0.3 is 10.1 Å².